The third kappa shape index (κ3) is 4.07. The van der Waals surface area contributed by atoms with Crippen molar-refractivity contribution in [3.63, 3.8) is 0 Å². The number of carbonyl (C=O) groups excluding carboxylic acids is 1. The normalized spacial score (nSPS) is 20.8. The molecule has 9 nitrogen and oxygen atoms in total. The summed E-state index contributed by atoms with van der Waals surface area (Å²) in [5.74, 6) is 2.53. The molecule has 0 radical (unpaired) electrons. The number of methoxy groups -OCH3 is 1. The molecule has 1 saturated heterocycles. The van der Waals surface area contributed by atoms with Crippen LogP contribution in [0.4, 0.5) is 0 Å². The molecule has 3 aliphatic rings. The van der Waals surface area contributed by atoms with Crippen LogP contribution in [0.15, 0.2) is 66.9 Å². The van der Waals surface area contributed by atoms with Crippen molar-refractivity contribution >= 4 is 38.6 Å². The topological polar surface area (TPSA) is 111 Å². The number of hydrogen-bond donors (Lipinski definition) is 2. The highest BCUT2D eigenvalue weighted by Gasteiger charge is 2.47. The van der Waals surface area contributed by atoms with Gasteiger partial charge in [-0.2, -0.15) is 0 Å². The first-order valence-corrected chi connectivity index (χ1v) is 16.2. The molecule has 46 heavy (non-hydrogen) atoms. The minimum absolute atomic E-state index is 0.00275. The number of nitrogens with two attached hydrogens (primary N) is 1. The van der Waals surface area contributed by atoms with Crippen molar-refractivity contribution in [1.29, 1.82) is 0 Å². The summed E-state index contributed by atoms with van der Waals surface area (Å²) in [5, 5.41) is 13.2. The average molecular weight is 613 g/mol. The van der Waals surface area contributed by atoms with Crippen molar-refractivity contribution in [2.24, 2.45) is 24.6 Å². The van der Waals surface area contributed by atoms with Crippen molar-refractivity contribution in [2.45, 2.75) is 44.3 Å². The summed E-state index contributed by atoms with van der Waals surface area (Å²) in [6.45, 7) is 1.63. The lowest BCUT2D eigenvalue weighted by Gasteiger charge is -2.27. The van der Waals surface area contributed by atoms with Crippen LogP contribution in [-0.2, 0) is 13.6 Å². The van der Waals surface area contributed by atoms with Crippen LogP contribution < -0.4 is 10.5 Å². The minimum atomic E-state index is 0.00275. The van der Waals surface area contributed by atoms with Crippen molar-refractivity contribution in [1.82, 2.24) is 24.0 Å². The predicted octanol–water partition coefficient (Wildman–Crippen LogP) is 6.10. The molecule has 3 fully saturated rings. The Bertz CT molecular complexity index is 2210. The number of aromatic hydroxyl groups is 1. The van der Waals surface area contributed by atoms with Crippen molar-refractivity contribution in [3.05, 3.63) is 72.4 Å². The van der Waals surface area contributed by atoms with E-state index in [2.05, 4.69) is 44.5 Å². The van der Waals surface area contributed by atoms with Crippen molar-refractivity contribution in [2.75, 3.05) is 13.7 Å². The van der Waals surface area contributed by atoms with Gasteiger partial charge in [0.2, 0.25) is 5.88 Å². The zero-order chi connectivity index (χ0) is 31.3. The van der Waals surface area contributed by atoms with Crippen molar-refractivity contribution < 1.29 is 14.6 Å². The number of carbonyl (C=O) groups is 1. The fourth-order valence-electron chi connectivity index (χ4n) is 8.07. The number of aryl methyl sites for hydroxylation is 1. The summed E-state index contributed by atoms with van der Waals surface area (Å²) in [7, 11) is 3.67. The SMILES string of the molecule is COc1cc(C(=O)N2CC3CCC2C3N)cc2nc(-c3cc4ccc(-c5cccc6c(O)nccc56)cc4n3CC3CC3)n(C)c12. The number of benzene rings is 3. The number of imidazole rings is 1. The van der Waals surface area contributed by atoms with E-state index in [1.807, 2.05) is 42.3 Å². The van der Waals surface area contributed by atoms with E-state index in [4.69, 9.17) is 15.5 Å². The zero-order valence-electron chi connectivity index (χ0n) is 26.0. The lowest BCUT2D eigenvalue weighted by molar-refractivity contribution is 0.0700. The number of fused-ring (bicyclic) bond motifs is 5. The molecule has 3 aromatic carbocycles. The number of pyridine rings is 1. The second-order valence-corrected chi connectivity index (χ2v) is 13.4. The summed E-state index contributed by atoms with van der Waals surface area (Å²) in [6, 6.07) is 20.7. The smallest absolute Gasteiger partial charge is 0.254 e. The van der Waals surface area contributed by atoms with Crippen LogP contribution in [0.1, 0.15) is 36.0 Å². The predicted molar refractivity (Wildman–Crippen MR) is 179 cm³/mol. The summed E-state index contributed by atoms with van der Waals surface area (Å²) >= 11 is 0. The summed E-state index contributed by atoms with van der Waals surface area (Å²) < 4.78 is 10.4. The number of rotatable bonds is 6. The number of amides is 1. The first-order chi connectivity index (χ1) is 22.4. The van der Waals surface area contributed by atoms with E-state index in [-0.39, 0.29) is 23.9 Å². The molecular formula is C37H36N6O3. The van der Waals surface area contributed by atoms with Gasteiger partial charge in [0.25, 0.3) is 5.91 Å². The number of ether oxygens (including phenoxy) is 1. The molecule has 0 spiro atoms. The second-order valence-electron chi connectivity index (χ2n) is 13.4. The minimum Gasteiger partial charge on any atom is -0.494 e. The highest BCUT2D eigenvalue weighted by molar-refractivity contribution is 6.02. The van der Waals surface area contributed by atoms with Crippen LogP contribution in [0, 0.1) is 11.8 Å². The maximum absolute atomic E-state index is 13.8. The quantitative estimate of drug-likeness (QED) is 0.235. The van der Waals surface area contributed by atoms with Gasteiger partial charge in [0, 0.05) is 60.3 Å². The van der Waals surface area contributed by atoms with Gasteiger partial charge in [-0.15, -0.1) is 0 Å². The summed E-state index contributed by atoms with van der Waals surface area (Å²) in [5.41, 5.74) is 12.9. The van der Waals surface area contributed by atoms with E-state index in [1.54, 1.807) is 13.3 Å². The van der Waals surface area contributed by atoms with Gasteiger partial charge in [0.15, 0.2) is 5.82 Å². The average Bonchev–Trinajstić information content (AvgIpc) is 3.48. The molecule has 1 amide bonds. The van der Waals surface area contributed by atoms with Crippen LogP contribution in [0.5, 0.6) is 11.6 Å². The fourth-order valence-corrected chi connectivity index (χ4v) is 8.07. The molecule has 1 aliphatic heterocycles. The molecular weight excluding hydrogens is 576 g/mol. The molecule has 2 aliphatic carbocycles. The summed E-state index contributed by atoms with van der Waals surface area (Å²) in [6.07, 6.45) is 6.16. The Morgan fingerprint density at radius 2 is 1.91 bits per heavy atom. The Morgan fingerprint density at radius 1 is 1.04 bits per heavy atom. The Morgan fingerprint density at radius 3 is 2.67 bits per heavy atom. The number of aromatic nitrogens is 4. The molecule has 6 aromatic rings. The number of piperidine rings is 1. The van der Waals surface area contributed by atoms with Gasteiger partial charge in [-0.25, -0.2) is 9.97 Å². The van der Waals surface area contributed by atoms with Crippen LogP contribution in [0.3, 0.4) is 0 Å². The van der Waals surface area contributed by atoms with E-state index in [0.29, 0.717) is 23.1 Å². The van der Waals surface area contributed by atoms with Gasteiger partial charge >= 0.3 is 0 Å². The van der Waals surface area contributed by atoms with Crippen LogP contribution in [0.25, 0.3) is 55.4 Å². The highest BCUT2D eigenvalue weighted by Crippen LogP contribution is 2.41. The Balaban J connectivity index is 1.17. The largest absolute Gasteiger partial charge is 0.494 e. The first-order valence-electron chi connectivity index (χ1n) is 16.2. The highest BCUT2D eigenvalue weighted by atomic mass is 16.5. The van der Waals surface area contributed by atoms with E-state index < -0.39 is 0 Å². The molecule has 2 bridgehead atoms. The van der Waals surface area contributed by atoms with Crippen LogP contribution in [-0.4, -0.2) is 60.8 Å². The van der Waals surface area contributed by atoms with E-state index in [9.17, 15) is 9.90 Å². The fraction of sp³-hybridized carbons (Fsp3) is 0.324. The van der Waals surface area contributed by atoms with Gasteiger partial charge in [-0.1, -0.05) is 24.3 Å². The maximum Gasteiger partial charge on any atom is 0.254 e. The van der Waals surface area contributed by atoms with Gasteiger partial charge in [0.05, 0.1) is 18.3 Å². The maximum atomic E-state index is 13.8. The van der Waals surface area contributed by atoms with Crippen molar-refractivity contribution in [3.8, 4) is 34.3 Å². The summed E-state index contributed by atoms with van der Waals surface area (Å²) in [4.78, 5) is 25.0. The Hall–Kier alpha value is -4.89. The van der Waals surface area contributed by atoms with Gasteiger partial charge < -0.3 is 29.6 Å². The zero-order valence-corrected chi connectivity index (χ0v) is 26.0. The third-order valence-electron chi connectivity index (χ3n) is 10.7. The van der Waals surface area contributed by atoms with Gasteiger partial charge in [-0.05, 0) is 90.4 Å². The molecule has 3 unspecified atom stereocenters. The monoisotopic (exact) mass is 612 g/mol. The molecule has 4 heterocycles. The number of likely N-dealkylation sites (tertiary alicyclic amines) is 1. The molecule has 9 rings (SSSR count). The Labute approximate surface area is 266 Å². The number of nitrogens with zero attached hydrogens (tertiary/aromatic N) is 5. The van der Waals surface area contributed by atoms with Crippen LogP contribution in [0.2, 0.25) is 0 Å². The van der Waals surface area contributed by atoms with Gasteiger partial charge in [-0.3, -0.25) is 4.79 Å². The lowest BCUT2D eigenvalue weighted by Crippen LogP contribution is -2.41. The molecule has 3 atom stereocenters. The molecule has 232 valence electrons. The second kappa shape index (κ2) is 10.1. The lowest BCUT2D eigenvalue weighted by atomic mass is 9.98. The molecule has 3 N–H and O–H groups in total. The first kappa shape index (κ1) is 27.4. The van der Waals surface area contributed by atoms with E-state index >= 15 is 0 Å². The molecule has 9 heteroatoms. The van der Waals surface area contributed by atoms with E-state index in [0.717, 1.165) is 81.3 Å². The molecule has 3 aromatic heterocycles. The molecule has 2 saturated carbocycles. The Kier molecular flexibility index (Phi) is 5.99. The van der Waals surface area contributed by atoms with E-state index in [1.165, 1.54) is 12.8 Å². The third-order valence-corrected chi connectivity index (χ3v) is 10.7. The van der Waals surface area contributed by atoms with Gasteiger partial charge in [0.1, 0.15) is 11.3 Å². The standard InChI is InChI=1S/C37H36N6O3/c1-41-34-28(14-24(17-32(34)46-2)37(45)43-19-23-10-11-29(43)33(23)38)40-35(41)31-16-22-9-8-21(15-30(22)42(31)18-20-6-7-20)25-4-3-5-27-26(25)12-13-39-36(27)44/h3-5,8-9,12-17,20,23,29,33H,6-7,10-11,18-19,38H2,1-2H3,(H,39,44). The number of hydrogen-bond acceptors (Lipinski definition) is 6. The van der Waals surface area contributed by atoms with Crippen LogP contribution >= 0.6 is 0 Å².